The monoisotopic (exact) mass is 410 g/mol. The average Bonchev–Trinajstić information content (AvgIpc) is 2.72. The van der Waals surface area contributed by atoms with Crippen molar-refractivity contribution >= 4 is 38.3 Å². The van der Waals surface area contributed by atoms with E-state index in [1.807, 2.05) is 37.3 Å². The average molecular weight is 410 g/mol. The number of carbonyl (C=O) groups is 1. The molecule has 29 heavy (non-hydrogen) atoms. The fraction of sp³-hybridized carbons (Fsp3) is 0.286. The van der Waals surface area contributed by atoms with E-state index in [1.54, 1.807) is 12.1 Å². The number of para-hydroxylation sites is 2. The number of anilines is 2. The van der Waals surface area contributed by atoms with E-state index in [-0.39, 0.29) is 17.4 Å². The van der Waals surface area contributed by atoms with Crippen LogP contribution in [-0.2, 0) is 16.4 Å². The fourth-order valence-electron chi connectivity index (χ4n) is 3.56. The first-order valence-corrected chi connectivity index (χ1v) is 11.3. The topological polar surface area (TPSA) is 92.3 Å². The molecule has 0 atom stereocenters. The van der Waals surface area contributed by atoms with Crippen molar-refractivity contribution in [2.75, 3.05) is 21.9 Å². The maximum atomic E-state index is 12.6. The summed E-state index contributed by atoms with van der Waals surface area (Å²) in [6.07, 6.45) is 3.56. The van der Waals surface area contributed by atoms with Gasteiger partial charge in [-0.25, -0.2) is 13.4 Å². The minimum absolute atomic E-state index is 0.131. The SMILES string of the molecule is CCCS(=O)(=O)N1CCCc2cc(NC(=O)c3cnc4ccccc4n3)ccc21. The molecule has 1 aliphatic rings. The summed E-state index contributed by atoms with van der Waals surface area (Å²) in [5, 5.41) is 2.84. The summed E-state index contributed by atoms with van der Waals surface area (Å²) in [5.74, 6) is -0.222. The Morgan fingerprint density at radius 3 is 2.76 bits per heavy atom. The van der Waals surface area contributed by atoms with E-state index < -0.39 is 10.0 Å². The Hall–Kier alpha value is -3.00. The summed E-state index contributed by atoms with van der Waals surface area (Å²) >= 11 is 0. The molecular formula is C21H22N4O3S. The number of rotatable bonds is 5. The molecule has 7 nitrogen and oxygen atoms in total. The van der Waals surface area contributed by atoms with Gasteiger partial charge in [-0.05, 0) is 55.2 Å². The zero-order chi connectivity index (χ0) is 20.4. The van der Waals surface area contributed by atoms with E-state index in [0.29, 0.717) is 29.9 Å². The number of nitrogens with zero attached hydrogens (tertiary/aromatic N) is 3. The van der Waals surface area contributed by atoms with Crippen molar-refractivity contribution in [3.05, 3.63) is 59.9 Å². The molecule has 2 aromatic carbocycles. The number of amides is 1. The molecule has 0 aliphatic carbocycles. The van der Waals surface area contributed by atoms with E-state index >= 15 is 0 Å². The van der Waals surface area contributed by atoms with Gasteiger partial charge in [0.2, 0.25) is 10.0 Å². The molecule has 0 bridgehead atoms. The van der Waals surface area contributed by atoms with Gasteiger partial charge >= 0.3 is 0 Å². The largest absolute Gasteiger partial charge is 0.321 e. The Morgan fingerprint density at radius 1 is 1.17 bits per heavy atom. The lowest BCUT2D eigenvalue weighted by molar-refractivity contribution is 0.102. The fourth-order valence-corrected chi connectivity index (χ4v) is 5.18. The second-order valence-corrected chi connectivity index (χ2v) is 9.05. The van der Waals surface area contributed by atoms with Crippen LogP contribution in [0.5, 0.6) is 0 Å². The molecule has 150 valence electrons. The van der Waals surface area contributed by atoms with E-state index in [4.69, 9.17) is 0 Å². The number of hydrogen-bond acceptors (Lipinski definition) is 5. The molecular weight excluding hydrogens is 388 g/mol. The van der Waals surface area contributed by atoms with Gasteiger partial charge in [-0.1, -0.05) is 19.1 Å². The summed E-state index contributed by atoms with van der Waals surface area (Å²) in [5.41, 5.74) is 3.84. The van der Waals surface area contributed by atoms with Crippen LogP contribution in [-0.4, -0.2) is 36.6 Å². The van der Waals surface area contributed by atoms with Gasteiger partial charge in [-0.15, -0.1) is 0 Å². The predicted molar refractivity (Wildman–Crippen MR) is 114 cm³/mol. The highest BCUT2D eigenvalue weighted by Crippen LogP contribution is 2.32. The van der Waals surface area contributed by atoms with Gasteiger partial charge < -0.3 is 5.32 Å². The van der Waals surface area contributed by atoms with Crippen molar-refractivity contribution in [2.45, 2.75) is 26.2 Å². The molecule has 0 saturated carbocycles. The number of fused-ring (bicyclic) bond motifs is 2. The third-order valence-corrected chi connectivity index (χ3v) is 6.87. The molecule has 0 spiro atoms. The molecule has 3 aromatic rings. The van der Waals surface area contributed by atoms with Gasteiger partial charge in [0, 0.05) is 12.2 Å². The van der Waals surface area contributed by atoms with Crippen LogP contribution in [0.2, 0.25) is 0 Å². The van der Waals surface area contributed by atoms with E-state index in [0.717, 1.165) is 23.9 Å². The van der Waals surface area contributed by atoms with Gasteiger partial charge in [0.15, 0.2) is 0 Å². The standard InChI is InChI=1S/C21H22N4O3S/c1-2-12-29(27,28)25-11-5-6-15-13-16(9-10-20(15)25)23-21(26)19-14-22-17-7-3-4-8-18(17)24-19/h3-4,7-10,13-14H,2,5-6,11-12H2,1H3,(H,23,26). The summed E-state index contributed by atoms with van der Waals surface area (Å²) < 4.78 is 26.6. The van der Waals surface area contributed by atoms with Gasteiger partial charge in [0.1, 0.15) is 5.69 Å². The maximum Gasteiger partial charge on any atom is 0.275 e. The summed E-state index contributed by atoms with van der Waals surface area (Å²) in [4.78, 5) is 21.2. The number of nitrogens with one attached hydrogen (secondary N) is 1. The Morgan fingerprint density at radius 2 is 1.97 bits per heavy atom. The number of hydrogen-bond donors (Lipinski definition) is 1. The van der Waals surface area contributed by atoms with Crippen LogP contribution in [0.15, 0.2) is 48.7 Å². The Bertz CT molecular complexity index is 1180. The molecule has 1 aromatic heterocycles. The summed E-state index contributed by atoms with van der Waals surface area (Å²) in [6.45, 7) is 2.35. The molecule has 8 heteroatoms. The molecule has 4 rings (SSSR count). The first-order valence-electron chi connectivity index (χ1n) is 9.64. The van der Waals surface area contributed by atoms with Crippen LogP contribution in [0.4, 0.5) is 11.4 Å². The van der Waals surface area contributed by atoms with Crippen molar-refractivity contribution in [1.82, 2.24) is 9.97 Å². The van der Waals surface area contributed by atoms with Crippen LogP contribution in [0, 0.1) is 0 Å². The third kappa shape index (κ3) is 3.93. The second-order valence-electron chi connectivity index (χ2n) is 7.03. The zero-order valence-electron chi connectivity index (χ0n) is 16.1. The first-order chi connectivity index (χ1) is 14.0. The van der Waals surface area contributed by atoms with Gasteiger partial charge in [-0.3, -0.25) is 14.1 Å². The number of aryl methyl sites for hydroxylation is 1. The van der Waals surface area contributed by atoms with Crippen molar-refractivity contribution in [3.8, 4) is 0 Å². The third-order valence-electron chi connectivity index (χ3n) is 4.89. The smallest absolute Gasteiger partial charge is 0.275 e. The van der Waals surface area contributed by atoms with Crippen molar-refractivity contribution in [3.63, 3.8) is 0 Å². The Kier molecular flexibility index (Phi) is 5.19. The normalized spacial score (nSPS) is 13.9. The van der Waals surface area contributed by atoms with Crippen molar-refractivity contribution in [1.29, 1.82) is 0 Å². The maximum absolute atomic E-state index is 12.6. The zero-order valence-corrected chi connectivity index (χ0v) is 16.9. The van der Waals surface area contributed by atoms with Gasteiger partial charge in [0.05, 0.1) is 28.7 Å². The van der Waals surface area contributed by atoms with Gasteiger partial charge in [0.25, 0.3) is 5.91 Å². The molecule has 2 heterocycles. The number of aromatic nitrogens is 2. The second kappa shape index (κ2) is 7.79. The number of benzene rings is 2. The minimum atomic E-state index is -3.32. The lowest BCUT2D eigenvalue weighted by Gasteiger charge is -2.30. The van der Waals surface area contributed by atoms with Crippen LogP contribution in [0.1, 0.15) is 35.8 Å². The molecule has 1 N–H and O–H groups in total. The molecule has 0 saturated heterocycles. The summed E-state index contributed by atoms with van der Waals surface area (Å²) in [7, 11) is -3.32. The lowest BCUT2D eigenvalue weighted by atomic mass is 10.0. The van der Waals surface area contributed by atoms with E-state index in [2.05, 4.69) is 15.3 Å². The lowest BCUT2D eigenvalue weighted by Crippen LogP contribution is -2.37. The van der Waals surface area contributed by atoms with E-state index in [1.165, 1.54) is 10.5 Å². The van der Waals surface area contributed by atoms with Gasteiger partial charge in [-0.2, -0.15) is 0 Å². The highest BCUT2D eigenvalue weighted by molar-refractivity contribution is 7.92. The molecule has 0 fully saturated rings. The van der Waals surface area contributed by atoms with Crippen molar-refractivity contribution in [2.24, 2.45) is 0 Å². The quantitative estimate of drug-likeness (QED) is 0.696. The van der Waals surface area contributed by atoms with Crippen LogP contribution in [0.3, 0.4) is 0 Å². The van der Waals surface area contributed by atoms with Crippen molar-refractivity contribution < 1.29 is 13.2 Å². The number of sulfonamides is 1. The van der Waals surface area contributed by atoms with Crippen LogP contribution < -0.4 is 9.62 Å². The molecule has 0 unspecified atom stereocenters. The highest BCUT2D eigenvalue weighted by atomic mass is 32.2. The Balaban J connectivity index is 1.58. The van der Waals surface area contributed by atoms with Crippen LogP contribution >= 0.6 is 0 Å². The Labute approximate surface area is 169 Å². The minimum Gasteiger partial charge on any atom is -0.321 e. The van der Waals surface area contributed by atoms with Crippen LogP contribution in [0.25, 0.3) is 11.0 Å². The number of carbonyl (C=O) groups excluding carboxylic acids is 1. The van der Waals surface area contributed by atoms with E-state index in [9.17, 15) is 13.2 Å². The highest BCUT2D eigenvalue weighted by Gasteiger charge is 2.27. The summed E-state index contributed by atoms with van der Waals surface area (Å²) in [6, 6.07) is 12.7. The molecule has 1 aliphatic heterocycles. The first kappa shape index (κ1) is 19.3. The predicted octanol–water partition coefficient (Wildman–Crippen LogP) is 3.37. The molecule has 1 amide bonds. The molecule has 0 radical (unpaired) electrons.